The Kier molecular flexibility index (Phi) is 1.77. The van der Waals surface area contributed by atoms with Crippen molar-refractivity contribution in [2.75, 3.05) is 0 Å². The quantitative estimate of drug-likeness (QED) is 0.706. The smallest absolute Gasteiger partial charge is 0.165 e. The second kappa shape index (κ2) is 2.81. The molecule has 2 aromatic heterocycles. The first kappa shape index (κ1) is 8.19. The molecule has 2 heterocycles. The van der Waals surface area contributed by atoms with Crippen molar-refractivity contribution in [3.8, 4) is 5.75 Å². The third kappa shape index (κ3) is 1.19. The molecule has 66 valence electrons. The summed E-state index contributed by atoms with van der Waals surface area (Å²) in [4.78, 5) is 15.1. The Labute approximate surface area is 78.7 Å². The zero-order valence-corrected chi connectivity index (χ0v) is 7.76. The van der Waals surface area contributed by atoms with Gasteiger partial charge < -0.3 is 5.11 Å². The summed E-state index contributed by atoms with van der Waals surface area (Å²) in [5, 5.41) is 11.5. The van der Waals surface area contributed by atoms with Crippen LogP contribution in [0.3, 0.4) is 0 Å². The molecule has 0 bridgehead atoms. The highest BCUT2D eigenvalue weighted by atomic mass is 32.1. The zero-order chi connectivity index (χ0) is 9.42. The molecule has 0 saturated carbocycles. The van der Waals surface area contributed by atoms with E-state index in [2.05, 4.69) is 4.98 Å². The van der Waals surface area contributed by atoms with Gasteiger partial charge in [-0.2, -0.15) is 0 Å². The van der Waals surface area contributed by atoms with Gasteiger partial charge in [-0.25, -0.2) is 0 Å². The summed E-state index contributed by atoms with van der Waals surface area (Å²) >= 11 is 1.38. The van der Waals surface area contributed by atoms with Crippen molar-refractivity contribution in [2.24, 2.45) is 0 Å². The molecule has 0 aliphatic rings. The minimum Gasteiger partial charge on any atom is -0.506 e. The third-order valence-corrected chi connectivity index (χ3v) is 2.74. The summed E-state index contributed by atoms with van der Waals surface area (Å²) < 4.78 is 0.674. The number of aromatic nitrogens is 1. The van der Waals surface area contributed by atoms with Crippen LogP contribution in [-0.4, -0.2) is 15.9 Å². The third-order valence-electron chi connectivity index (χ3n) is 1.83. The van der Waals surface area contributed by atoms with Crippen molar-refractivity contribution < 1.29 is 9.90 Å². The van der Waals surface area contributed by atoms with E-state index in [9.17, 15) is 9.90 Å². The number of thiophene rings is 1. The SMILES string of the molecule is CC(=O)c1cnc2ccsc2c1O. The van der Waals surface area contributed by atoms with Crippen LogP contribution in [0.5, 0.6) is 5.75 Å². The van der Waals surface area contributed by atoms with E-state index in [1.807, 2.05) is 11.4 Å². The first-order valence-electron chi connectivity index (χ1n) is 3.76. The lowest BCUT2D eigenvalue weighted by Gasteiger charge is -1.99. The number of aromatic hydroxyl groups is 1. The van der Waals surface area contributed by atoms with Crippen molar-refractivity contribution in [3.63, 3.8) is 0 Å². The van der Waals surface area contributed by atoms with Gasteiger partial charge in [-0.1, -0.05) is 0 Å². The number of rotatable bonds is 1. The second-order valence-electron chi connectivity index (χ2n) is 2.71. The molecule has 0 saturated heterocycles. The molecule has 0 aromatic carbocycles. The summed E-state index contributed by atoms with van der Waals surface area (Å²) in [6, 6.07) is 1.81. The van der Waals surface area contributed by atoms with Crippen molar-refractivity contribution in [2.45, 2.75) is 6.92 Å². The van der Waals surface area contributed by atoms with Crippen LogP contribution in [0.1, 0.15) is 17.3 Å². The Hall–Kier alpha value is -1.42. The summed E-state index contributed by atoms with van der Waals surface area (Å²) in [5.41, 5.74) is 1.02. The van der Waals surface area contributed by atoms with E-state index in [0.717, 1.165) is 5.52 Å². The van der Waals surface area contributed by atoms with Gasteiger partial charge in [0.15, 0.2) is 5.78 Å². The summed E-state index contributed by atoms with van der Waals surface area (Å²) in [5.74, 6) is -0.118. The van der Waals surface area contributed by atoms with Crippen LogP contribution >= 0.6 is 11.3 Å². The number of fused-ring (bicyclic) bond motifs is 1. The molecule has 0 atom stereocenters. The normalized spacial score (nSPS) is 10.5. The average Bonchev–Trinajstić information content (AvgIpc) is 2.52. The van der Waals surface area contributed by atoms with Crippen LogP contribution in [0.15, 0.2) is 17.6 Å². The molecule has 0 aliphatic heterocycles. The summed E-state index contributed by atoms with van der Waals surface area (Å²) in [7, 11) is 0. The molecule has 2 rings (SSSR count). The van der Waals surface area contributed by atoms with Crippen LogP contribution < -0.4 is 0 Å². The molecule has 13 heavy (non-hydrogen) atoms. The predicted molar refractivity (Wildman–Crippen MR) is 51.3 cm³/mol. The largest absolute Gasteiger partial charge is 0.506 e. The maximum Gasteiger partial charge on any atom is 0.165 e. The van der Waals surface area contributed by atoms with Gasteiger partial charge in [0.05, 0.1) is 15.8 Å². The predicted octanol–water partition coefficient (Wildman–Crippen LogP) is 2.20. The van der Waals surface area contributed by atoms with Crippen LogP contribution in [-0.2, 0) is 0 Å². The van der Waals surface area contributed by atoms with Crippen LogP contribution in [0.4, 0.5) is 0 Å². The topological polar surface area (TPSA) is 50.2 Å². The Balaban J connectivity index is 2.80. The highest BCUT2D eigenvalue weighted by molar-refractivity contribution is 7.17. The van der Waals surface area contributed by atoms with Crippen LogP contribution in [0.2, 0.25) is 0 Å². The second-order valence-corrected chi connectivity index (χ2v) is 3.63. The lowest BCUT2D eigenvalue weighted by atomic mass is 10.2. The number of carbonyl (C=O) groups is 1. The first-order valence-corrected chi connectivity index (χ1v) is 4.64. The molecule has 4 heteroatoms. The molecule has 0 radical (unpaired) electrons. The number of nitrogens with zero attached hydrogens (tertiary/aromatic N) is 1. The molecule has 0 unspecified atom stereocenters. The average molecular weight is 193 g/mol. The molecule has 0 fully saturated rings. The minimum atomic E-state index is -0.166. The van der Waals surface area contributed by atoms with E-state index < -0.39 is 0 Å². The van der Waals surface area contributed by atoms with Crippen molar-refractivity contribution in [1.82, 2.24) is 4.98 Å². The van der Waals surface area contributed by atoms with E-state index in [1.165, 1.54) is 24.5 Å². The van der Waals surface area contributed by atoms with Crippen LogP contribution in [0, 0.1) is 0 Å². The van der Waals surface area contributed by atoms with E-state index in [0.29, 0.717) is 4.70 Å². The molecule has 1 N–H and O–H groups in total. The highest BCUT2D eigenvalue weighted by Gasteiger charge is 2.11. The van der Waals surface area contributed by atoms with Gasteiger partial charge in [0, 0.05) is 6.20 Å². The van der Waals surface area contributed by atoms with Gasteiger partial charge in [-0.3, -0.25) is 9.78 Å². The van der Waals surface area contributed by atoms with Gasteiger partial charge in [0.25, 0.3) is 0 Å². The maximum absolute atomic E-state index is 11.0. The zero-order valence-electron chi connectivity index (χ0n) is 6.94. The molecule has 0 amide bonds. The van der Waals surface area contributed by atoms with Crippen molar-refractivity contribution in [3.05, 3.63) is 23.2 Å². The maximum atomic E-state index is 11.0. The fraction of sp³-hybridized carbons (Fsp3) is 0.111. The lowest BCUT2D eigenvalue weighted by molar-refractivity contribution is 0.101. The molecule has 0 spiro atoms. The summed E-state index contributed by atoms with van der Waals surface area (Å²) in [6.45, 7) is 1.41. The summed E-state index contributed by atoms with van der Waals surface area (Å²) in [6.07, 6.45) is 1.41. The Morgan fingerprint density at radius 2 is 2.38 bits per heavy atom. The number of pyridine rings is 1. The van der Waals surface area contributed by atoms with Crippen molar-refractivity contribution >= 4 is 27.3 Å². The fourth-order valence-electron chi connectivity index (χ4n) is 1.16. The van der Waals surface area contributed by atoms with E-state index in [1.54, 1.807) is 0 Å². The standard InChI is InChI=1S/C9H7NO2S/c1-5(11)6-4-10-7-2-3-13-9(7)8(6)12/h2-4H,1H3,(H,10,12). The number of hydrogen-bond donors (Lipinski definition) is 1. The lowest BCUT2D eigenvalue weighted by Crippen LogP contribution is -1.93. The molecular weight excluding hydrogens is 186 g/mol. The van der Waals surface area contributed by atoms with Gasteiger partial charge >= 0.3 is 0 Å². The molecule has 2 aromatic rings. The number of ketones is 1. The Morgan fingerprint density at radius 1 is 1.62 bits per heavy atom. The van der Waals surface area contributed by atoms with Gasteiger partial charge in [0.2, 0.25) is 0 Å². The monoisotopic (exact) mass is 193 g/mol. The van der Waals surface area contributed by atoms with E-state index in [-0.39, 0.29) is 17.1 Å². The number of Topliss-reactive ketones (excluding diaryl/α,β-unsaturated/α-hetero) is 1. The molecular formula is C9H7NO2S. The van der Waals surface area contributed by atoms with E-state index in [4.69, 9.17) is 0 Å². The minimum absolute atomic E-state index is 0.0486. The Bertz CT molecular complexity index is 475. The van der Waals surface area contributed by atoms with Gasteiger partial charge in [-0.15, -0.1) is 11.3 Å². The van der Waals surface area contributed by atoms with Gasteiger partial charge in [0.1, 0.15) is 5.75 Å². The van der Waals surface area contributed by atoms with Crippen molar-refractivity contribution in [1.29, 1.82) is 0 Å². The number of hydrogen-bond acceptors (Lipinski definition) is 4. The Morgan fingerprint density at radius 3 is 3.08 bits per heavy atom. The molecule has 3 nitrogen and oxygen atoms in total. The first-order chi connectivity index (χ1) is 6.20. The molecule has 0 aliphatic carbocycles. The van der Waals surface area contributed by atoms with E-state index >= 15 is 0 Å². The van der Waals surface area contributed by atoms with Gasteiger partial charge in [-0.05, 0) is 18.4 Å². The fourth-order valence-corrected chi connectivity index (χ4v) is 1.95. The number of carbonyl (C=O) groups excluding carboxylic acids is 1. The highest BCUT2D eigenvalue weighted by Crippen LogP contribution is 2.31. The van der Waals surface area contributed by atoms with Crippen LogP contribution in [0.25, 0.3) is 10.2 Å².